The number of carbonyl (C=O) groups excluding carboxylic acids is 1. The number of thiazole rings is 1. The lowest BCUT2D eigenvalue weighted by molar-refractivity contribution is -0.115. The number of para-hydroxylation sites is 1. The molecule has 0 bridgehead atoms. The van der Waals surface area contributed by atoms with Gasteiger partial charge in [-0.15, -0.1) is 11.3 Å². The number of H-pyrrole nitrogens is 1. The molecular weight excluding hydrogens is 389 g/mol. The van der Waals surface area contributed by atoms with Gasteiger partial charge in [-0.25, -0.2) is 23.1 Å². The number of hydrogen-bond acceptors (Lipinski definition) is 4. The van der Waals surface area contributed by atoms with E-state index in [1.54, 1.807) is 29.8 Å². The molecule has 0 fully saturated rings. The highest BCUT2D eigenvalue weighted by Gasteiger charge is 2.19. The number of anilines is 1. The van der Waals surface area contributed by atoms with Gasteiger partial charge in [-0.2, -0.15) is 0 Å². The van der Waals surface area contributed by atoms with E-state index < -0.39 is 17.8 Å². The number of rotatable bonds is 5. The summed E-state index contributed by atoms with van der Waals surface area (Å²) in [6.45, 7) is 0. The molecule has 2 N–H and O–H groups in total. The molecule has 4 aromatic rings. The summed E-state index contributed by atoms with van der Waals surface area (Å²) in [5, 5.41) is 4.94. The van der Waals surface area contributed by atoms with Gasteiger partial charge < -0.3 is 10.3 Å². The maximum absolute atomic E-state index is 13.4. The summed E-state index contributed by atoms with van der Waals surface area (Å²) in [7, 11) is 0. The molecule has 0 unspecified atom stereocenters. The van der Waals surface area contributed by atoms with Crippen molar-refractivity contribution in [2.24, 2.45) is 0 Å². The van der Waals surface area contributed by atoms with Crippen LogP contribution in [0.1, 0.15) is 17.6 Å². The molecule has 0 aliphatic carbocycles. The Labute approximate surface area is 161 Å². The molecule has 9 heteroatoms. The Kier molecular flexibility index (Phi) is 4.82. The summed E-state index contributed by atoms with van der Waals surface area (Å²) in [6, 6.07) is 8.40. The van der Waals surface area contributed by atoms with E-state index in [0.29, 0.717) is 21.7 Å². The van der Waals surface area contributed by atoms with Gasteiger partial charge >= 0.3 is 0 Å². The molecule has 2 aromatic carbocycles. The second-order valence-electron chi connectivity index (χ2n) is 5.99. The van der Waals surface area contributed by atoms with Gasteiger partial charge in [-0.1, -0.05) is 12.1 Å². The Morgan fingerprint density at radius 2 is 2.11 bits per heavy atom. The predicted octanol–water partition coefficient (Wildman–Crippen LogP) is 4.94. The second-order valence-corrected chi connectivity index (χ2v) is 6.89. The summed E-state index contributed by atoms with van der Waals surface area (Å²) < 4.78 is 40.0. The molecule has 1 amide bonds. The zero-order valence-electron chi connectivity index (χ0n) is 14.2. The summed E-state index contributed by atoms with van der Waals surface area (Å²) in [6.07, 6.45) is -1.21. The molecule has 5 nitrogen and oxygen atoms in total. The molecule has 0 radical (unpaired) electrons. The predicted molar refractivity (Wildman–Crippen MR) is 101 cm³/mol. The van der Waals surface area contributed by atoms with Gasteiger partial charge in [0.2, 0.25) is 5.91 Å². The van der Waals surface area contributed by atoms with Gasteiger partial charge in [0.1, 0.15) is 11.6 Å². The zero-order chi connectivity index (χ0) is 19.7. The van der Waals surface area contributed by atoms with Crippen LogP contribution in [0.15, 0.2) is 48.0 Å². The van der Waals surface area contributed by atoms with E-state index in [0.717, 1.165) is 12.1 Å². The van der Waals surface area contributed by atoms with E-state index in [9.17, 15) is 18.0 Å². The van der Waals surface area contributed by atoms with Crippen LogP contribution in [0.5, 0.6) is 0 Å². The number of aromatic amines is 1. The fourth-order valence-corrected chi connectivity index (χ4v) is 3.46. The van der Waals surface area contributed by atoms with Gasteiger partial charge in [-0.3, -0.25) is 4.79 Å². The number of imidazole rings is 1. The molecular formula is C19H13F3N4OS. The minimum absolute atomic E-state index is 0.0480. The first kappa shape index (κ1) is 18.2. The van der Waals surface area contributed by atoms with E-state index in [-0.39, 0.29) is 23.7 Å². The van der Waals surface area contributed by atoms with Crippen molar-refractivity contribution in [3.63, 3.8) is 0 Å². The van der Waals surface area contributed by atoms with E-state index in [1.165, 1.54) is 17.4 Å². The third-order valence-electron chi connectivity index (χ3n) is 4.13. The first-order valence-corrected chi connectivity index (χ1v) is 9.14. The number of amides is 1. The molecule has 2 heterocycles. The number of alkyl halides is 2. The number of halogens is 3. The molecule has 142 valence electrons. The maximum Gasteiger partial charge on any atom is 0.264 e. The van der Waals surface area contributed by atoms with E-state index in [2.05, 4.69) is 20.3 Å². The summed E-state index contributed by atoms with van der Waals surface area (Å²) in [5.74, 6) is -0.810. The van der Waals surface area contributed by atoms with Gasteiger partial charge in [-0.05, 0) is 29.8 Å². The van der Waals surface area contributed by atoms with Crippen molar-refractivity contribution in [2.45, 2.75) is 12.8 Å². The molecule has 0 saturated heterocycles. The van der Waals surface area contributed by atoms with Crippen LogP contribution in [0.3, 0.4) is 0 Å². The van der Waals surface area contributed by atoms with E-state index >= 15 is 0 Å². The van der Waals surface area contributed by atoms with Crippen LogP contribution in [0, 0.1) is 5.82 Å². The lowest BCUT2D eigenvalue weighted by Crippen LogP contribution is -2.14. The molecule has 0 aliphatic heterocycles. The van der Waals surface area contributed by atoms with Crippen molar-refractivity contribution in [1.82, 2.24) is 15.0 Å². The summed E-state index contributed by atoms with van der Waals surface area (Å²) in [4.78, 5) is 23.6. The molecule has 0 saturated carbocycles. The maximum atomic E-state index is 13.4. The van der Waals surface area contributed by atoms with Crippen LogP contribution >= 0.6 is 11.3 Å². The Hall–Kier alpha value is -3.20. The highest BCUT2D eigenvalue weighted by atomic mass is 32.1. The second kappa shape index (κ2) is 7.43. The van der Waals surface area contributed by atoms with Gasteiger partial charge in [0.25, 0.3) is 6.43 Å². The average molecular weight is 402 g/mol. The molecule has 0 spiro atoms. The molecule has 0 aliphatic rings. The lowest BCUT2D eigenvalue weighted by atomic mass is 10.1. The summed E-state index contributed by atoms with van der Waals surface area (Å²) >= 11 is 1.31. The van der Waals surface area contributed by atoms with Crippen molar-refractivity contribution in [3.05, 3.63) is 64.9 Å². The Bertz CT molecular complexity index is 1140. The monoisotopic (exact) mass is 402 g/mol. The van der Waals surface area contributed by atoms with Crippen molar-refractivity contribution in [2.75, 3.05) is 5.32 Å². The number of carbonyl (C=O) groups is 1. The van der Waals surface area contributed by atoms with Crippen LogP contribution in [0.25, 0.3) is 22.4 Å². The Balaban J connectivity index is 1.69. The van der Waals surface area contributed by atoms with Crippen LogP contribution in [0.4, 0.5) is 18.3 Å². The number of fused-ring (bicyclic) bond motifs is 1. The summed E-state index contributed by atoms with van der Waals surface area (Å²) in [5.41, 5.74) is 1.40. The number of nitrogens with one attached hydrogen (secondary N) is 2. The van der Waals surface area contributed by atoms with Crippen LogP contribution in [0.2, 0.25) is 0 Å². The Morgan fingerprint density at radius 3 is 2.86 bits per heavy atom. The SMILES string of the molecule is O=C(Cc1cccc2[nH]c(-c3ccc(F)cc3C(F)F)nc12)Nc1nccs1. The molecule has 4 rings (SSSR count). The first-order valence-electron chi connectivity index (χ1n) is 8.26. The highest BCUT2D eigenvalue weighted by molar-refractivity contribution is 7.13. The van der Waals surface area contributed by atoms with Gasteiger partial charge in [0, 0.05) is 22.7 Å². The Morgan fingerprint density at radius 1 is 1.25 bits per heavy atom. The first-order chi connectivity index (χ1) is 13.5. The third-order valence-corrected chi connectivity index (χ3v) is 4.82. The van der Waals surface area contributed by atoms with Crippen molar-refractivity contribution in [1.29, 1.82) is 0 Å². The standard InChI is InChI=1S/C19H13F3N4OS/c20-11-4-5-12(13(9-11)17(21)22)18-24-14-3-1-2-10(16(14)26-18)8-15(27)25-19-23-6-7-28-19/h1-7,9,17H,8H2,(H,24,26)(H,23,25,27). The topological polar surface area (TPSA) is 70.7 Å². The largest absolute Gasteiger partial charge is 0.338 e. The van der Waals surface area contributed by atoms with Crippen molar-refractivity contribution < 1.29 is 18.0 Å². The molecule has 0 atom stereocenters. The fraction of sp³-hybridized carbons (Fsp3) is 0.105. The van der Waals surface area contributed by atoms with Gasteiger partial charge in [0.15, 0.2) is 5.13 Å². The zero-order valence-corrected chi connectivity index (χ0v) is 15.1. The number of aromatic nitrogens is 3. The smallest absolute Gasteiger partial charge is 0.264 e. The normalized spacial score (nSPS) is 11.3. The van der Waals surface area contributed by atoms with Crippen LogP contribution in [-0.2, 0) is 11.2 Å². The number of hydrogen-bond donors (Lipinski definition) is 2. The third kappa shape index (κ3) is 3.61. The molecule has 2 aromatic heterocycles. The minimum Gasteiger partial charge on any atom is -0.338 e. The van der Waals surface area contributed by atoms with E-state index in [4.69, 9.17) is 0 Å². The number of nitrogens with zero attached hydrogens (tertiary/aromatic N) is 2. The quantitative estimate of drug-likeness (QED) is 0.497. The minimum atomic E-state index is -2.84. The number of benzene rings is 2. The van der Waals surface area contributed by atoms with Crippen LogP contribution in [-0.4, -0.2) is 20.9 Å². The lowest BCUT2D eigenvalue weighted by Gasteiger charge is -2.06. The highest BCUT2D eigenvalue weighted by Crippen LogP contribution is 2.32. The van der Waals surface area contributed by atoms with Gasteiger partial charge in [0.05, 0.1) is 17.5 Å². The van der Waals surface area contributed by atoms with Crippen molar-refractivity contribution >= 4 is 33.4 Å². The average Bonchev–Trinajstić information content (AvgIpc) is 3.31. The van der Waals surface area contributed by atoms with E-state index in [1.807, 2.05) is 0 Å². The molecule has 28 heavy (non-hydrogen) atoms. The fourth-order valence-electron chi connectivity index (χ4n) is 2.91. The van der Waals surface area contributed by atoms with Crippen molar-refractivity contribution in [3.8, 4) is 11.4 Å². The van der Waals surface area contributed by atoms with Crippen LogP contribution < -0.4 is 5.32 Å².